The van der Waals surface area contributed by atoms with E-state index in [-0.39, 0.29) is 11.5 Å². The molecule has 7 heteroatoms. The van der Waals surface area contributed by atoms with Crippen LogP contribution < -0.4 is 15.8 Å². The molecule has 3 aromatic rings. The van der Waals surface area contributed by atoms with Gasteiger partial charge in [-0.25, -0.2) is 9.38 Å². The third-order valence-corrected chi connectivity index (χ3v) is 5.26. The maximum atomic E-state index is 14.6. The summed E-state index contributed by atoms with van der Waals surface area (Å²) in [5, 5.41) is 2.55. The molecule has 0 unspecified atom stereocenters. The first-order chi connectivity index (χ1) is 15.0. The lowest BCUT2D eigenvalue weighted by Crippen LogP contribution is -2.37. The fourth-order valence-electron chi connectivity index (χ4n) is 3.21. The molecule has 0 heterocycles. The van der Waals surface area contributed by atoms with E-state index < -0.39 is 11.7 Å². The Hall–Kier alpha value is -3.19. The number of carbonyl (C=O) groups excluding carboxylic acids is 1. The van der Waals surface area contributed by atoms with Crippen molar-refractivity contribution in [1.82, 2.24) is 5.32 Å². The van der Waals surface area contributed by atoms with Crippen molar-refractivity contribution in [1.29, 1.82) is 0 Å². The van der Waals surface area contributed by atoms with Crippen LogP contribution in [0.2, 0.25) is 0 Å². The predicted octanol–water partition coefficient (Wildman–Crippen LogP) is 4.63. The van der Waals surface area contributed by atoms with E-state index in [1.165, 1.54) is 12.1 Å². The van der Waals surface area contributed by atoms with E-state index in [0.29, 0.717) is 30.7 Å². The summed E-state index contributed by atoms with van der Waals surface area (Å²) in [6.45, 7) is 0.339. The zero-order valence-corrected chi connectivity index (χ0v) is 18.7. The number of methoxy groups -OCH3 is 1. The summed E-state index contributed by atoms with van der Waals surface area (Å²) >= 11 is 3.44. The Morgan fingerprint density at radius 3 is 2.61 bits per heavy atom. The lowest BCUT2D eigenvalue weighted by atomic mass is 9.98. The SMILES string of the molecule is COc1ccc(Br)cc1CCc1c(F)cccc1C(=O)NC(N)=NCc1ccccc1. The van der Waals surface area contributed by atoms with Crippen LogP contribution in [0.1, 0.15) is 27.0 Å². The summed E-state index contributed by atoms with van der Waals surface area (Å²) in [7, 11) is 1.59. The van der Waals surface area contributed by atoms with Gasteiger partial charge in [-0.15, -0.1) is 0 Å². The Balaban J connectivity index is 1.74. The third-order valence-electron chi connectivity index (χ3n) is 4.77. The second-order valence-electron chi connectivity index (χ2n) is 6.86. The first-order valence-corrected chi connectivity index (χ1v) is 10.5. The van der Waals surface area contributed by atoms with Crippen molar-refractivity contribution in [2.75, 3.05) is 7.11 Å². The Bertz CT molecular complexity index is 1090. The van der Waals surface area contributed by atoms with Crippen LogP contribution in [-0.4, -0.2) is 19.0 Å². The van der Waals surface area contributed by atoms with Crippen molar-refractivity contribution < 1.29 is 13.9 Å². The van der Waals surface area contributed by atoms with Crippen LogP contribution in [0.3, 0.4) is 0 Å². The topological polar surface area (TPSA) is 76.7 Å². The van der Waals surface area contributed by atoms with Gasteiger partial charge in [-0.05, 0) is 54.3 Å². The van der Waals surface area contributed by atoms with E-state index in [1.54, 1.807) is 13.2 Å². The summed E-state index contributed by atoms with van der Waals surface area (Å²) in [5.74, 6) is -0.244. The molecule has 0 radical (unpaired) electrons. The maximum absolute atomic E-state index is 14.6. The van der Waals surface area contributed by atoms with Gasteiger partial charge in [0.2, 0.25) is 0 Å². The Labute approximate surface area is 189 Å². The molecule has 3 aromatic carbocycles. The summed E-state index contributed by atoms with van der Waals surface area (Å²) in [4.78, 5) is 16.9. The molecule has 1 amide bonds. The molecule has 0 spiro atoms. The number of guanidine groups is 1. The molecule has 3 rings (SSSR count). The number of aryl methyl sites for hydroxylation is 1. The highest BCUT2D eigenvalue weighted by Crippen LogP contribution is 2.25. The van der Waals surface area contributed by atoms with Crippen molar-refractivity contribution in [3.63, 3.8) is 0 Å². The number of halogens is 2. The molecule has 0 saturated heterocycles. The van der Waals surface area contributed by atoms with Crippen molar-refractivity contribution in [2.45, 2.75) is 19.4 Å². The second-order valence-corrected chi connectivity index (χ2v) is 7.78. The van der Waals surface area contributed by atoms with Crippen LogP contribution in [0.5, 0.6) is 5.75 Å². The van der Waals surface area contributed by atoms with Gasteiger partial charge < -0.3 is 10.5 Å². The number of hydrogen-bond donors (Lipinski definition) is 2. The normalized spacial score (nSPS) is 11.3. The molecular formula is C24H23BrFN3O2. The zero-order valence-electron chi connectivity index (χ0n) is 17.1. The van der Waals surface area contributed by atoms with Gasteiger partial charge >= 0.3 is 0 Å². The maximum Gasteiger partial charge on any atom is 0.258 e. The fourth-order valence-corrected chi connectivity index (χ4v) is 3.62. The van der Waals surface area contributed by atoms with Crippen LogP contribution in [-0.2, 0) is 19.4 Å². The summed E-state index contributed by atoms with van der Waals surface area (Å²) in [6, 6.07) is 19.6. The molecule has 0 bridgehead atoms. The van der Waals surface area contributed by atoms with Gasteiger partial charge in [-0.1, -0.05) is 52.3 Å². The van der Waals surface area contributed by atoms with Crippen LogP contribution in [0.15, 0.2) is 76.2 Å². The van der Waals surface area contributed by atoms with Crippen LogP contribution >= 0.6 is 15.9 Å². The molecule has 0 saturated carbocycles. The van der Waals surface area contributed by atoms with Crippen LogP contribution in [0.25, 0.3) is 0 Å². The van der Waals surface area contributed by atoms with E-state index in [2.05, 4.69) is 26.2 Å². The average molecular weight is 484 g/mol. The number of nitrogens with one attached hydrogen (secondary N) is 1. The fraction of sp³-hybridized carbons (Fsp3) is 0.167. The monoisotopic (exact) mass is 483 g/mol. The number of hydrogen-bond acceptors (Lipinski definition) is 3. The largest absolute Gasteiger partial charge is 0.496 e. The van der Waals surface area contributed by atoms with E-state index >= 15 is 0 Å². The van der Waals surface area contributed by atoms with Gasteiger partial charge in [-0.2, -0.15) is 0 Å². The molecule has 5 nitrogen and oxygen atoms in total. The molecular weight excluding hydrogens is 461 g/mol. The minimum Gasteiger partial charge on any atom is -0.496 e. The molecule has 31 heavy (non-hydrogen) atoms. The zero-order chi connectivity index (χ0) is 22.2. The van der Waals surface area contributed by atoms with Crippen molar-refractivity contribution >= 4 is 27.8 Å². The molecule has 0 fully saturated rings. The summed E-state index contributed by atoms with van der Waals surface area (Å²) in [5.41, 5.74) is 8.30. The lowest BCUT2D eigenvalue weighted by Gasteiger charge is -2.13. The number of ether oxygens (including phenoxy) is 1. The molecule has 0 aromatic heterocycles. The quantitative estimate of drug-likeness (QED) is 0.380. The molecule has 0 aliphatic rings. The molecule has 160 valence electrons. The average Bonchev–Trinajstić information content (AvgIpc) is 2.77. The number of carbonyl (C=O) groups is 1. The van der Waals surface area contributed by atoms with Crippen molar-refractivity contribution in [2.24, 2.45) is 10.7 Å². The first-order valence-electron chi connectivity index (χ1n) is 9.73. The number of aliphatic imine (C=N–C) groups is 1. The van der Waals surface area contributed by atoms with Crippen LogP contribution in [0.4, 0.5) is 4.39 Å². The van der Waals surface area contributed by atoms with E-state index in [9.17, 15) is 9.18 Å². The van der Waals surface area contributed by atoms with Gasteiger partial charge in [0.05, 0.1) is 13.7 Å². The Morgan fingerprint density at radius 2 is 1.87 bits per heavy atom. The van der Waals surface area contributed by atoms with E-state index in [4.69, 9.17) is 10.5 Å². The minimum atomic E-state index is -0.495. The number of nitrogens with zero attached hydrogens (tertiary/aromatic N) is 1. The molecule has 3 N–H and O–H groups in total. The highest BCUT2D eigenvalue weighted by atomic mass is 79.9. The molecule has 0 atom stereocenters. The molecule has 0 aliphatic heterocycles. The number of rotatable bonds is 7. The minimum absolute atomic E-state index is 0.0160. The number of amides is 1. The summed E-state index contributed by atoms with van der Waals surface area (Å²) < 4.78 is 20.9. The highest BCUT2D eigenvalue weighted by Gasteiger charge is 2.17. The van der Waals surface area contributed by atoms with E-state index in [0.717, 1.165) is 15.6 Å². The van der Waals surface area contributed by atoms with E-state index in [1.807, 2.05) is 48.5 Å². The summed E-state index contributed by atoms with van der Waals surface area (Å²) in [6.07, 6.45) is 0.824. The third kappa shape index (κ3) is 6.15. The first kappa shape index (κ1) is 22.5. The Morgan fingerprint density at radius 1 is 1.10 bits per heavy atom. The molecule has 0 aliphatic carbocycles. The van der Waals surface area contributed by atoms with Crippen LogP contribution in [0, 0.1) is 5.82 Å². The Kier molecular flexibility index (Phi) is 7.78. The van der Waals surface area contributed by atoms with Gasteiger partial charge in [0, 0.05) is 15.6 Å². The van der Waals surface area contributed by atoms with Gasteiger partial charge in [0.15, 0.2) is 5.96 Å². The van der Waals surface area contributed by atoms with Gasteiger partial charge in [0.25, 0.3) is 5.91 Å². The highest BCUT2D eigenvalue weighted by molar-refractivity contribution is 9.10. The number of nitrogens with two attached hydrogens (primary N) is 1. The smallest absolute Gasteiger partial charge is 0.258 e. The second kappa shape index (κ2) is 10.7. The number of benzene rings is 3. The predicted molar refractivity (Wildman–Crippen MR) is 124 cm³/mol. The van der Waals surface area contributed by atoms with Crippen molar-refractivity contribution in [3.05, 3.63) is 99.3 Å². The lowest BCUT2D eigenvalue weighted by molar-refractivity contribution is 0.0975. The van der Waals surface area contributed by atoms with Gasteiger partial charge in [-0.3, -0.25) is 10.1 Å². The van der Waals surface area contributed by atoms with Gasteiger partial charge in [0.1, 0.15) is 11.6 Å². The standard InChI is InChI=1S/C24H23BrFN3O2/c1-31-22-13-11-18(25)14-17(22)10-12-19-20(8-5-9-21(19)26)23(30)29-24(27)28-15-16-6-3-2-4-7-16/h2-9,11,13-14H,10,12,15H2,1H3,(H3,27,28,29,30). The van der Waals surface area contributed by atoms with Crippen molar-refractivity contribution in [3.8, 4) is 5.75 Å².